The molecule has 0 radical (unpaired) electrons. The van der Waals surface area contributed by atoms with E-state index in [1.165, 1.54) is 0 Å². The van der Waals surface area contributed by atoms with E-state index in [2.05, 4.69) is 0 Å². The quantitative estimate of drug-likeness (QED) is 0.505. The molecule has 0 fully saturated rings. The number of carbonyl (C=O) groups excluding carboxylic acids is 1. The second-order valence-electron chi connectivity index (χ2n) is 4.42. The van der Waals surface area contributed by atoms with Gasteiger partial charge in [0.1, 0.15) is 0 Å². The lowest BCUT2D eigenvalue weighted by molar-refractivity contribution is 0.0879. The van der Waals surface area contributed by atoms with Crippen molar-refractivity contribution in [3.8, 4) is 17.2 Å². The Hall–Kier alpha value is -2.53. The van der Waals surface area contributed by atoms with Crippen LogP contribution in [0.25, 0.3) is 0 Å². The molecule has 0 saturated heterocycles. The molecule has 2 aromatic rings. The lowest BCUT2D eigenvalue weighted by Crippen LogP contribution is -2.07. The normalized spacial score (nSPS) is 12.1. The molecule has 0 amide bonds. The highest BCUT2D eigenvalue weighted by Crippen LogP contribution is 2.37. The molecule has 0 saturated carbocycles. The van der Waals surface area contributed by atoms with Crippen LogP contribution in [0.1, 0.15) is 28.4 Å². The van der Waals surface area contributed by atoms with Gasteiger partial charge in [-0.3, -0.25) is 4.79 Å². The summed E-state index contributed by atoms with van der Waals surface area (Å²) in [5.74, 6) is -2.02. The fourth-order valence-electron chi connectivity index (χ4n) is 1.85. The highest BCUT2D eigenvalue weighted by atomic mass is 16.3. The molecule has 4 N–H and O–H groups in total. The second-order valence-corrected chi connectivity index (χ2v) is 4.42. The summed E-state index contributed by atoms with van der Waals surface area (Å²) in [6, 6.07) is 10.7. The van der Waals surface area contributed by atoms with Crippen molar-refractivity contribution in [2.24, 2.45) is 0 Å². The Labute approximate surface area is 115 Å². The molecule has 0 aliphatic rings. The minimum Gasteiger partial charge on any atom is -0.504 e. The maximum Gasteiger partial charge on any atom is 0.200 e. The lowest BCUT2D eigenvalue weighted by Gasteiger charge is -2.12. The van der Waals surface area contributed by atoms with E-state index in [-0.39, 0.29) is 17.8 Å². The minimum absolute atomic E-state index is 0.155. The monoisotopic (exact) mass is 274 g/mol. The smallest absolute Gasteiger partial charge is 0.200 e. The molecule has 1 atom stereocenters. The molecule has 0 heterocycles. The zero-order valence-corrected chi connectivity index (χ0v) is 10.5. The average molecular weight is 274 g/mol. The maximum absolute atomic E-state index is 11.9. The Morgan fingerprint density at radius 2 is 1.55 bits per heavy atom. The zero-order chi connectivity index (χ0) is 14.7. The summed E-state index contributed by atoms with van der Waals surface area (Å²) < 4.78 is 0. The molecular weight excluding hydrogens is 260 g/mol. The Morgan fingerprint density at radius 3 is 2.10 bits per heavy atom. The number of hydrogen-bond donors (Lipinski definition) is 4. The molecule has 0 bridgehead atoms. The van der Waals surface area contributed by atoms with E-state index >= 15 is 0 Å². The van der Waals surface area contributed by atoms with Gasteiger partial charge in [-0.1, -0.05) is 30.3 Å². The van der Waals surface area contributed by atoms with Crippen LogP contribution >= 0.6 is 0 Å². The molecule has 0 aliphatic heterocycles. The predicted molar refractivity (Wildman–Crippen MR) is 71.8 cm³/mol. The van der Waals surface area contributed by atoms with Gasteiger partial charge in [-0.2, -0.15) is 0 Å². The van der Waals surface area contributed by atoms with Gasteiger partial charge in [-0.15, -0.1) is 0 Å². The highest BCUT2D eigenvalue weighted by Gasteiger charge is 2.18. The lowest BCUT2D eigenvalue weighted by atomic mass is 9.99. The predicted octanol–water partition coefficient (Wildman–Crippen LogP) is 2.11. The Balaban J connectivity index is 2.16. The van der Waals surface area contributed by atoms with Crippen molar-refractivity contribution in [2.45, 2.75) is 12.5 Å². The third kappa shape index (κ3) is 2.89. The standard InChI is InChI=1S/C15H14O5/c16-11(9-4-2-1-3-5-9)8-12(17)10-6-13(18)15(20)14(19)7-10/h1-7,12,17-20H,8H2. The number of phenolic OH excluding ortho intramolecular Hbond substituents is 3. The molecule has 5 nitrogen and oxygen atoms in total. The molecule has 2 aromatic carbocycles. The number of aromatic hydroxyl groups is 3. The average Bonchev–Trinajstić information content (AvgIpc) is 2.45. The first kappa shape index (κ1) is 13.9. The van der Waals surface area contributed by atoms with Gasteiger partial charge in [0.25, 0.3) is 0 Å². The van der Waals surface area contributed by atoms with Crippen LogP contribution in [0.2, 0.25) is 0 Å². The molecule has 0 aliphatic carbocycles. The highest BCUT2D eigenvalue weighted by molar-refractivity contribution is 5.96. The fourth-order valence-corrected chi connectivity index (χ4v) is 1.85. The van der Waals surface area contributed by atoms with E-state index in [1.807, 2.05) is 0 Å². The van der Waals surface area contributed by atoms with Crippen LogP contribution in [-0.2, 0) is 0 Å². The molecule has 5 heteroatoms. The first-order valence-corrected chi connectivity index (χ1v) is 6.00. The molecule has 20 heavy (non-hydrogen) atoms. The van der Waals surface area contributed by atoms with Gasteiger partial charge in [0, 0.05) is 12.0 Å². The second kappa shape index (κ2) is 5.63. The Bertz CT molecular complexity index is 598. The van der Waals surface area contributed by atoms with Crippen molar-refractivity contribution < 1.29 is 25.2 Å². The molecule has 0 aromatic heterocycles. The summed E-state index contributed by atoms with van der Waals surface area (Å²) in [5.41, 5.74) is 0.626. The van der Waals surface area contributed by atoms with Crippen LogP contribution in [-0.4, -0.2) is 26.2 Å². The summed E-state index contributed by atoms with van der Waals surface area (Å²) >= 11 is 0. The summed E-state index contributed by atoms with van der Waals surface area (Å²) in [5, 5.41) is 37.9. The number of hydrogen-bond acceptors (Lipinski definition) is 5. The third-order valence-corrected chi connectivity index (χ3v) is 2.95. The Morgan fingerprint density at radius 1 is 1.00 bits per heavy atom. The first-order chi connectivity index (χ1) is 9.49. The van der Waals surface area contributed by atoms with Gasteiger partial charge in [-0.25, -0.2) is 0 Å². The number of aliphatic hydroxyl groups excluding tert-OH is 1. The van der Waals surface area contributed by atoms with Crippen molar-refractivity contribution >= 4 is 5.78 Å². The topological polar surface area (TPSA) is 98.0 Å². The molecule has 2 rings (SSSR count). The van der Waals surface area contributed by atoms with Crippen LogP contribution in [0.5, 0.6) is 17.2 Å². The van der Waals surface area contributed by atoms with Gasteiger partial charge < -0.3 is 20.4 Å². The van der Waals surface area contributed by atoms with Crippen LogP contribution < -0.4 is 0 Å². The number of aliphatic hydroxyl groups is 1. The largest absolute Gasteiger partial charge is 0.504 e. The molecule has 0 spiro atoms. The third-order valence-electron chi connectivity index (χ3n) is 2.95. The SMILES string of the molecule is O=C(CC(O)c1cc(O)c(O)c(O)c1)c1ccccc1. The van der Waals surface area contributed by atoms with Crippen molar-refractivity contribution in [1.82, 2.24) is 0 Å². The summed E-state index contributed by atoms with van der Waals surface area (Å²) in [6.45, 7) is 0. The fraction of sp³-hybridized carbons (Fsp3) is 0.133. The Kier molecular flexibility index (Phi) is 3.91. The van der Waals surface area contributed by atoms with Crippen LogP contribution in [0.15, 0.2) is 42.5 Å². The van der Waals surface area contributed by atoms with Crippen LogP contribution in [0.4, 0.5) is 0 Å². The van der Waals surface area contributed by atoms with E-state index in [9.17, 15) is 25.2 Å². The van der Waals surface area contributed by atoms with Gasteiger partial charge in [-0.05, 0) is 17.7 Å². The van der Waals surface area contributed by atoms with Gasteiger partial charge in [0.15, 0.2) is 23.0 Å². The number of rotatable bonds is 4. The van der Waals surface area contributed by atoms with E-state index in [0.717, 1.165) is 12.1 Å². The van der Waals surface area contributed by atoms with Gasteiger partial charge in [0.05, 0.1) is 6.10 Å². The van der Waals surface area contributed by atoms with Gasteiger partial charge >= 0.3 is 0 Å². The molecular formula is C15H14O5. The van der Waals surface area contributed by atoms with E-state index in [4.69, 9.17) is 0 Å². The molecule has 104 valence electrons. The summed E-state index contributed by atoms with van der Waals surface area (Å²) in [7, 11) is 0. The maximum atomic E-state index is 11.9. The number of phenols is 3. The summed E-state index contributed by atoms with van der Waals surface area (Å²) in [4.78, 5) is 11.9. The number of ketones is 1. The number of benzene rings is 2. The number of carbonyl (C=O) groups is 1. The minimum atomic E-state index is -1.18. The van der Waals surface area contributed by atoms with Crippen molar-refractivity contribution in [1.29, 1.82) is 0 Å². The zero-order valence-electron chi connectivity index (χ0n) is 10.5. The van der Waals surface area contributed by atoms with Crippen LogP contribution in [0, 0.1) is 0 Å². The summed E-state index contributed by atoms with van der Waals surface area (Å²) in [6.07, 6.45) is -1.37. The van der Waals surface area contributed by atoms with Crippen LogP contribution in [0.3, 0.4) is 0 Å². The number of Topliss-reactive ketones (excluding diaryl/α,β-unsaturated/α-hetero) is 1. The van der Waals surface area contributed by atoms with E-state index in [1.54, 1.807) is 30.3 Å². The first-order valence-electron chi connectivity index (χ1n) is 6.00. The van der Waals surface area contributed by atoms with E-state index in [0.29, 0.717) is 5.56 Å². The van der Waals surface area contributed by atoms with Crippen molar-refractivity contribution in [2.75, 3.05) is 0 Å². The van der Waals surface area contributed by atoms with Crippen molar-refractivity contribution in [3.05, 3.63) is 53.6 Å². The van der Waals surface area contributed by atoms with E-state index < -0.39 is 23.4 Å². The van der Waals surface area contributed by atoms with Crippen molar-refractivity contribution in [3.63, 3.8) is 0 Å². The molecule has 1 unspecified atom stereocenters. The van der Waals surface area contributed by atoms with Gasteiger partial charge in [0.2, 0.25) is 0 Å².